The van der Waals surface area contributed by atoms with Gasteiger partial charge in [0.2, 0.25) is 11.8 Å². The van der Waals surface area contributed by atoms with Crippen LogP contribution in [0.3, 0.4) is 0 Å². The molecule has 3 aromatic rings. The van der Waals surface area contributed by atoms with Crippen molar-refractivity contribution >= 4 is 23.2 Å². The van der Waals surface area contributed by atoms with Gasteiger partial charge in [0.25, 0.3) is 0 Å². The Morgan fingerprint density at radius 2 is 1.36 bits per heavy atom. The van der Waals surface area contributed by atoms with Crippen molar-refractivity contribution < 1.29 is 14.7 Å². The first-order chi connectivity index (χ1) is 15.7. The van der Waals surface area contributed by atoms with E-state index in [4.69, 9.17) is 0 Å². The second-order valence-corrected chi connectivity index (χ2v) is 9.59. The molecule has 170 valence electrons. The lowest BCUT2D eigenvalue weighted by molar-refractivity contribution is -0.118. The van der Waals surface area contributed by atoms with E-state index in [0.29, 0.717) is 12.1 Å². The summed E-state index contributed by atoms with van der Waals surface area (Å²) in [7, 11) is 0. The molecule has 2 atom stereocenters. The highest BCUT2D eigenvalue weighted by molar-refractivity contribution is 5.95. The smallest absolute Gasteiger partial charge is 0.228 e. The number of aryl methyl sites for hydroxylation is 1. The summed E-state index contributed by atoms with van der Waals surface area (Å²) in [5, 5.41) is 16.6. The predicted octanol–water partition coefficient (Wildman–Crippen LogP) is 5.24. The van der Waals surface area contributed by atoms with Gasteiger partial charge in [-0.05, 0) is 59.7 Å². The molecule has 2 unspecified atom stereocenters. The van der Waals surface area contributed by atoms with Crippen LogP contribution in [0.5, 0.6) is 0 Å². The van der Waals surface area contributed by atoms with Crippen LogP contribution in [0.1, 0.15) is 48.6 Å². The number of hydrogen-bond acceptors (Lipinski definition) is 3. The van der Waals surface area contributed by atoms with Crippen molar-refractivity contribution in [2.24, 2.45) is 11.3 Å². The Morgan fingerprint density at radius 1 is 0.879 bits per heavy atom. The fourth-order valence-corrected chi connectivity index (χ4v) is 3.93. The first-order valence-corrected chi connectivity index (χ1v) is 11.3. The molecule has 0 radical (unpaired) electrons. The fraction of sp³-hybridized carbons (Fsp3) is 0.286. The van der Waals surface area contributed by atoms with Crippen LogP contribution in [0.2, 0.25) is 0 Å². The number of carbonyl (C=O) groups excluding carboxylic acids is 2. The van der Waals surface area contributed by atoms with Gasteiger partial charge in [0, 0.05) is 17.3 Å². The quantitative estimate of drug-likeness (QED) is 0.468. The molecule has 0 aromatic heterocycles. The van der Waals surface area contributed by atoms with Gasteiger partial charge in [-0.2, -0.15) is 0 Å². The second-order valence-electron chi connectivity index (χ2n) is 9.59. The molecular weight excluding hydrogens is 412 g/mol. The average Bonchev–Trinajstić information content (AvgIpc) is 3.44. The molecule has 0 aliphatic heterocycles. The SMILES string of the molecule is Cc1ccc(CC(=O)Nc2ccc(C(O)c3ccc(NC(=O)C4CC4(C)C)cc3)cc2)cc1. The molecular formula is C28H30N2O3. The van der Waals surface area contributed by atoms with Crippen LogP contribution >= 0.6 is 0 Å². The lowest BCUT2D eigenvalue weighted by Gasteiger charge is -2.14. The van der Waals surface area contributed by atoms with Crippen molar-refractivity contribution in [3.05, 3.63) is 95.1 Å². The first-order valence-electron chi connectivity index (χ1n) is 11.3. The Labute approximate surface area is 194 Å². The van der Waals surface area contributed by atoms with E-state index >= 15 is 0 Å². The zero-order valence-corrected chi connectivity index (χ0v) is 19.3. The summed E-state index contributed by atoms with van der Waals surface area (Å²) in [6.45, 7) is 6.21. The third-order valence-electron chi connectivity index (χ3n) is 6.32. The Hall–Kier alpha value is -3.44. The molecule has 0 spiro atoms. The van der Waals surface area contributed by atoms with Crippen LogP contribution < -0.4 is 10.6 Å². The van der Waals surface area contributed by atoms with Crippen LogP contribution in [0.15, 0.2) is 72.8 Å². The third-order valence-corrected chi connectivity index (χ3v) is 6.32. The molecule has 0 saturated heterocycles. The molecule has 1 fully saturated rings. The topological polar surface area (TPSA) is 78.4 Å². The lowest BCUT2D eigenvalue weighted by atomic mass is 10.0. The maximum absolute atomic E-state index is 12.3. The molecule has 33 heavy (non-hydrogen) atoms. The Balaban J connectivity index is 1.33. The van der Waals surface area contributed by atoms with Crippen molar-refractivity contribution in [2.45, 2.75) is 39.7 Å². The van der Waals surface area contributed by atoms with E-state index in [1.54, 1.807) is 24.3 Å². The largest absolute Gasteiger partial charge is 0.384 e. The third kappa shape index (κ3) is 5.68. The number of aliphatic hydroxyl groups is 1. The van der Waals surface area contributed by atoms with Gasteiger partial charge in [0.15, 0.2) is 0 Å². The van der Waals surface area contributed by atoms with Crippen LogP contribution in [0.25, 0.3) is 0 Å². The molecule has 1 saturated carbocycles. The highest BCUT2D eigenvalue weighted by Gasteiger charge is 2.50. The van der Waals surface area contributed by atoms with E-state index in [2.05, 4.69) is 24.5 Å². The van der Waals surface area contributed by atoms with Gasteiger partial charge in [-0.25, -0.2) is 0 Å². The van der Waals surface area contributed by atoms with E-state index in [1.807, 2.05) is 55.5 Å². The van der Waals surface area contributed by atoms with E-state index in [9.17, 15) is 14.7 Å². The minimum Gasteiger partial charge on any atom is -0.384 e. The summed E-state index contributed by atoms with van der Waals surface area (Å²) < 4.78 is 0. The molecule has 0 heterocycles. The molecule has 1 aliphatic rings. The van der Waals surface area contributed by atoms with Gasteiger partial charge in [-0.15, -0.1) is 0 Å². The second kappa shape index (κ2) is 9.20. The van der Waals surface area contributed by atoms with E-state index in [1.165, 1.54) is 0 Å². The predicted molar refractivity (Wildman–Crippen MR) is 131 cm³/mol. The van der Waals surface area contributed by atoms with Crippen LogP contribution in [-0.2, 0) is 16.0 Å². The zero-order valence-electron chi connectivity index (χ0n) is 19.3. The first kappa shape index (κ1) is 22.7. The number of rotatable bonds is 7. The van der Waals surface area contributed by atoms with Crippen molar-refractivity contribution in [3.8, 4) is 0 Å². The molecule has 2 amide bonds. The van der Waals surface area contributed by atoms with Crippen LogP contribution in [-0.4, -0.2) is 16.9 Å². The van der Waals surface area contributed by atoms with Gasteiger partial charge >= 0.3 is 0 Å². The van der Waals surface area contributed by atoms with Crippen LogP contribution in [0.4, 0.5) is 11.4 Å². The number of amides is 2. The van der Waals surface area contributed by atoms with E-state index < -0.39 is 6.10 Å². The molecule has 3 aromatic carbocycles. The van der Waals surface area contributed by atoms with Gasteiger partial charge in [0.1, 0.15) is 6.10 Å². The Bertz CT molecular complexity index is 1130. The van der Waals surface area contributed by atoms with Crippen molar-refractivity contribution in [2.75, 3.05) is 10.6 Å². The summed E-state index contributed by atoms with van der Waals surface area (Å²) in [5.41, 5.74) is 5.08. The molecule has 4 rings (SSSR count). The molecule has 0 bridgehead atoms. The highest BCUT2D eigenvalue weighted by Crippen LogP contribution is 2.52. The summed E-state index contributed by atoms with van der Waals surface area (Å²) in [4.78, 5) is 24.6. The van der Waals surface area contributed by atoms with E-state index in [0.717, 1.165) is 34.4 Å². The van der Waals surface area contributed by atoms with Crippen LogP contribution in [0, 0.1) is 18.3 Å². The standard InChI is InChI=1S/C28H30N2O3/c1-18-4-6-19(7-5-18)16-25(31)29-22-12-8-20(9-13-22)26(32)21-10-14-23(15-11-21)30-27(33)24-17-28(24,2)3/h4-15,24,26,32H,16-17H2,1-3H3,(H,29,31)(H,30,33). The van der Waals surface area contributed by atoms with Gasteiger partial charge in [0.05, 0.1) is 6.42 Å². The van der Waals surface area contributed by atoms with E-state index in [-0.39, 0.29) is 23.1 Å². The van der Waals surface area contributed by atoms with Gasteiger partial charge < -0.3 is 15.7 Å². The zero-order chi connectivity index (χ0) is 23.6. The number of anilines is 2. The number of benzene rings is 3. The average molecular weight is 443 g/mol. The summed E-state index contributed by atoms with van der Waals surface area (Å²) in [5.74, 6) is 0.0337. The fourth-order valence-electron chi connectivity index (χ4n) is 3.93. The minimum atomic E-state index is -0.797. The summed E-state index contributed by atoms with van der Waals surface area (Å²) in [6.07, 6.45) is 0.429. The van der Waals surface area contributed by atoms with Crippen molar-refractivity contribution in [1.29, 1.82) is 0 Å². The maximum Gasteiger partial charge on any atom is 0.228 e. The molecule has 5 heteroatoms. The Morgan fingerprint density at radius 3 is 1.85 bits per heavy atom. The maximum atomic E-state index is 12.3. The number of carbonyl (C=O) groups is 2. The lowest BCUT2D eigenvalue weighted by Crippen LogP contribution is -2.16. The van der Waals surface area contributed by atoms with Crippen molar-refractivity contribution in [3.63, 3.8) is 0 Å². The van der Waals surface area contributed by atoms with Gasteiger partial charge in [-0.1, -0.05) is 67.9 Å². The van der Waals surface area contributed by atoms with Gasteiger partial charge in [-0.3, -0.25) is 9.59 Å². The molecule has 3 N–H and O–H groups in total. The number of nitrogens with one attached hydrogen (secondary N) is 2. The molecule has 5 nitrogen and oxygen atoms in total. The Kier molecular flexibility index (Phi) is 6.34. The van der Waals surface area contributed by atoms with Crippen molar-refractivity contribution in [1.82, 2.24) is 0 Å². The summed E-state index contributed by atoms with van der Waals surface area (Å²) in [6, 6.07) is 22.3. The molecule has 1 aliphatic carbocycles. The normalized spacial score (nSPS) is 17.2. The highest BCUT2D eigenvalue weighted by atomic mass is 16.3. The summed E-state index contributed by atoms with van der Waals surface area (Å²) >= 11 is 0. The minimum absolute atomic E-state index is 0.0494. The monoisotopic (exact) mass is 442 g/mol. The number of aliphatic hydroxyl groups excluding tert-OH is 1. The number of hydrogen-bond donors (Lipinski definition) is 3.